The van der Waals surface area contributed by atoms with E-state index in [1.807, 2.05) is 0 Å². The molecule has 0 bridgehead atoms. The van der Waals surface area contributed by atoms with Crippen molar-refractivity contribution in [3.05, 3.63) is 53.7 Å². The standard InChI is InChI=1S/C20H20F3N5O2/c21-20(22,23)13-28-18-11-17(19(29)27-6-3-8-30-9-7-27)25-12-15(18)16(26-28)10-14-4-1-2-5-24-14/h1-2,4-5,11-12H,3,6-10,13H2. The Hall–Kier alpha value is -3.01. The predicted octanol–water partition coefficient (Wildman–Crippen LogP) is 2.84. The van der Waals surface area contributed by atoms with Crippen LogP contribution in [-0.2, 0) is 17.7 Å². The highest BCUT2D eigenvalue weighted by Gasteiger charge is 2.30. The molecule has 7 nitrogen and oxygen atoms in total. The minimum atomic E-state index is -4.45. The Kier molecular flexibility index (Phi) is 5.67. The van der Waals surface area contributed by atoms with Crippen molar-refractivity contribution in [3.8, 4) is 0 Å². The maximum absolute atomic E-state index is 13.1. The molecule has 3 aromatic heterocycles. The monoisotopic (exact) mass is 419 g/mol. The number of hydrogen-bond donors (Lipinski definition) is 0. The first kappa shape index (κ1) is 20.3. The number of hydrogen-bond acceptors (Lipinski definition) is 5. The Bertz CT molecular complexity index is 1030. The smallest absolute Gasteiger partial charge is 0.380 e. The maximum atomic E-state index is 13.1. The van der Waals surface area contributed by atoms with Gasteiger partial charge in [-0.15, -0.1) is 0 Å². The largest absolute Gasteiger partial charge is 0.408 e. The van der Waals surface area contributed by atoms with Gasteiger partial charge >= 0.3 is 6.18 Å². The fourth-order valence-electron chi connectivity index (χ4n) is 3.46. The van der Waals surface area contributed by atoms with Gasteiger partial charge in [0, 0.05) is 49.6 Å². The molecule has 158 valence electrons. The van der Waals surface area contributed by atoms with E-state index in [1.54, 1.807) is 29.3 Å². The number of amides is 1. The normalized spacial score (nSPS) is 15.4. The van der Waals surface area contributed by atoms with Gasteiger partial charge in [-0.1, -0.05) is 6.07 Å². The van der Waals surface area contributed by atoms with Crippen molar-refractivity contribution in [1.82, 2.24) is 24.6 Å². The number of carbonyl (C=O) groups excluding carboxylic acids is 1. The van der Waals surface area contributed by atoms with Gasteiger partial charge in [0.05, 0.1) is 17.8 Å². The number of aromatic nitrogens is 4. The minimum Gasteiger partial charge on any atom is -0.380 e. The van der Waals surface area contributed by atoms with E-state index in [0.29, 0.717) is 49.5 Å². The molecule has 30 heavy (non-hydrogen) atoms. The van der Waals surface area contributed by atoms with Crippen LogP contribution in [0, 0.1) is 0 Å². The summed E-state index contributed by atoms with van der Waals surface area (Å²) in [5.41, 5.74) is 1.43. The molecule has 1 aliphatic rings. The van der Waals surface area contributed by atoms with Crippen LogP contribution >= 0.6 is 0 Å². The number of carbonyl (C=O) groups is 1. The minimum absolute atomic E-state index is 0.0945. The highest BCUT2D eigenvalue weighted by molar-refractivity contribution is 5.96. The van der Waals surface area contributed by atoms with Gasteiger partial charge in [0.1, 0.15) is 12.2 Å². The van der Waals surface area contributed by atoms with Crippen molar-refractivity contribution in [1.29, 1.82) is 0 Å². The fraction of sp³-hybridized carbons (Fsp3) is 0.400. The zero-order chi connectivity index (χ0) is 21.1. The number of nitrogens with zero attached hydrogens (tertiary/aromatic N) is 5. The highest BCUT2D eigenvalue weighted by Crippen LogP contribution is 2.25. The topological polar surface area (TPSA) is 73.1 Å². The molecule has 0 atom stereocenters. The molecule has 1 amide bonds. The van der Waals surface area contributed by atoms with Gasteiger partial charge in [-0.2, -0.15) is 18.3 Å². The van der Waals surface area contributed by atoms with Crippen LogP contribution in [0.3, 0.4) is 0 Å². The number of halogens is 3. The van der Waals surface area contributed by atoms with E-state index in [9.17, 15) is 18.0 Å². The maximum Gasteiger partial charge on any atom is 0.408 e. The van der Waals surface area contributed by atoms with Gasteiger partial charge in [-0.3, -0.25) is 19.4 Å². The van der Waals surface area contributed by atoms with E-state index >= 15 is 0 Å². The number of rotatable bonds is 4. The van der Waals surface area contributed by atoms with Crippen LogP contribution in [0.25, 0.3) is 10.9 Å². The summed E-state index contributed by atoms with van der Waals surface area (Å²) in [6, 6.07) is 6.74. The molecule has 4 heterocycles. The zero-order valence-electron chi connectivity index (χ0n) is 16.1. The lowest BCUT2D eigenvalue weighted by atomic mass is 10.1. The van der Waals surface area contributed by atoms with E-state index in [1.165, 1.54) is 12.3 Å². The van der Waals surface area contributed by atoms with E-state index < -0.39 is 12.7 Å². The second kappa shape index (κ2) is 8.39. The molecular formula is C20H20F3N5O2. The van der Waals surface area contributed by atoms with Crippen LogP contribution < -0.4 is 0 Å². The summed E-state index contributed by atoms with van der Waals surface area (Å²) < 4.78 is 45.6. The van der Waals surface area contributed by atoms with Crippen LogP contribution in [-0.4, -0.2) is 63.0 Å². The van der Waals surface area contributed by atoms with E-state index in [-0.39, 0.29) is 23.5 Å². The summed E-state index contributed by atoms with van der Waals surface area (Å²) in [7, 11) is 0. The Morgan fingerprint density at radius 3 is 2.80 bits per heavy atom. The van der Waals surface area contributed by atoms with Gasteiger partial charge in [-0.25, -0.2) is 0 Å². The molecule has 0 aromatic carbocycles. The van der Waals surface area contributed by atoms with Crippen molar-refractivity contribution in [3.63, 3.8) is 0 Å². The van der Waals surface area contributed by atoms with Gasteiger partial charge in [0.25, 0.3) is 5.91 Å². The second-order valence-corrected chi connectivity index (χ2v) is 7.06. The molecule has 1 saturated heterocycles. The molecule has 0 N–H and O–H groups in total. The van der Waals surface area contributed by atoms with Gasteiger partial charge in [-0.05, 0) is 24.6 Å². The number of ether oxygens (including phenoxy) is 1. The van der Waals surface area contributed by atoms with E-state index in [4.69, 9.17) is 4.74 Å². The molecule has 1 fully saturated rings. The number of alkyl halides is 3. The SMILES string of the molecule is O=C(c1cc2c(cn1)c(Cc1ccccn1)nn2CC(F)(F)F)N1CCCOCC1. The Morgan fingerprint density at radius 2 is 2.03 bits per heavy atom. The predicted molar refractivity (Wildman–Crippen MR) is 102 cm³/mol. The van der Waals surface area contributed by atoms with Crippen molar-refractivity contribution < 1.29 is 22.7 Å². The van der Waals surface area contributed by atoms with E-state index in [0.717, 1.165) is 4.68 Å². The summed E-state index contributed by atoms with van der Waals surface area (Å²) in [4.78, 5) is 22.9. The van der Waals surface area contributed by atoms with Crippen molar-refractivity contribution in [2.24, 2.45) is 0 Å². The Balaban J connectivity index is 1.71. The first-order valence-electron chi connectivity index (χ1n) is 9.60. The summed E-state index contributed by atoms with van der Waals surface area (Å²) in [6.45, 7) is 0.692. The average molecular weight is 419 g/mol. The molecule has 10 heteroatoms. The Labute approximate surface area is 170 Å². The lowest BCUT2D eigenvalue weighted by molar-refractivity contribution is -0.141. The zero-order valence-corrected chi connectivity index (χ0v) is 16.1. The molecule has 1 aliphatic heterocycles. The van der Waals surface area contributed by atoms with Gasteiger partial charge < -0.3 is 9.64 Å². The first-order valence-corrected chi connectivity index (χ1v) is 9.60. The third kappa shape index (κ3) is 4.59. The van der Waals surface area contributed by atoms with Crippen molar-refractivity contribution in [2.75, 3.05) is 26.3 Å². The third-order valence-corrected chi connectivity index (χ3v) is 4.84. The fourth-order valence-corrected chi connectivity index (χ4v) is 3.46. The summed E-state index contributed by atoms with van der Waals surface area (Å²) in [6.07, 6.45) is -0.440. The summed E-state index contributed by atoms with van der Waals surface area (Å²) in [5, 5.41) is 4.64. The summed E-state index contributed by atoms with van der Waals surface area (Å²) >= 11 is 0. The van der Waals surface area contributed by atoms with Crippen LogP contribution in [0.4, 0.5) is 13.2 Å². The lowest BCUT2D eigenvalue weighted by Gasteiger charge is -2.19. The highest BCUT2D eigenvalue weighted by atomic mass is 19.4. The van der Waals surface area contributed by atoms with Crippen LogP contribution in [0.5, 0.6) is 0 Å². The lowest BCUT2D eigenvalue weighted by Crippen LogP contribution is -2.33. The molecular weight excluding hydrogens is 399 g/mol. The molecule has 0 radical (unpaired) electrons. The molecule has 0 unspecified atom stereocenters. The van der Waals surface area contributed by atoms with Crippen LogP contribution in [0.2, 0.25) is 0 Å². The van der Waals surface area contributed by atoms with Crippen molar-refractivity contribution in [2.45, 2.75) is 25.6 Å². The average Bonchev–Trinajstić information content (AvgIpc) is 2.89. The molecule has 0 aliphatic carbocycles. The molecule has 0 saturated carbocycles. The first-order chi connectivity index (χ1) is 14.4. The van der Waals surface area contributed by atoms with Crippen molar-refractivity contribution >= 4 is 16.8 Å². The summed E-state index contributed by atoms with van der Waals surface area (Å²) in [5.74, 6) is -0.326. The van der Waals surface area contributed by atoms with E-state index in [2.05, 4.69) is 15.1 Å². The number of fused-ring (bicyclic) bond motifs is 1. The quantitative estimate of drug-likeness (QED) is 0.650. The van der Waals surface area contributed by atoms with Crippen LogP contribution in [0.15, 0.2) is 36.7 Å². The Morgan fingerprint density at radius 1 is 1.17 bits per heavy atom. The molecule has 4 rings (SSSR count). The van der Waals surface area contributed by atoms with Gasteiger partial charge in [0.2, 0.25) is 0 Å². The molecule has 3 aromatic rings. The second-order valence-electron chi connectivity index (χ2n) is 7.06. The number of pyridine rings is 2. The molecule has 0 spiro atoms. The third-order valence-electron chi connectivity index (χ3n) is 4.84. The van der Waals surface area contributed by atoms with Crippen LogP contribution in [0.1, 0.15) is 28.3 Å². The van der Waals surface area contributed by atoms with Gasteiger partial charge in [0.15, 0.2) is 0 Å².